The first-order chi connectivity index (χ1) is 17.3. The van der Waals surface area contributed by atoms with Crippen LogP contribution in [-0.2, 0) is 4.79 Å². The van der Waals surface area contributed by atoms with Crippen molar-refractivity contribution in [2.24, 2.45) is 0 Å². The second-order valence-corrected chi connectivity index (χ2v) is 9.20. The SMILES string of the molecule is CC(NC(=O)Nc1ccccc1)C(=O)NCC(NC(=O)c1cnn2ccsc12)c1cc(F)cc(Cl)c1. The monoisotopic (exact) mass is 528 g/mol. The summed E-state index contributed by atoms with van der Waals surface area (Å²) in [4.78, 5) is 38.5. The Morgan fingerprint density at radius 1 is 1.14 bits per heavy atom. The minimum Gasteiger partial charge on any atom is -0.352 e. The molecular formula is C24H22ClFN6O3S. The van der Waals surface area contributed by atoms with Gasteiger partial charge in [-0.15, -0.1) is 11.3 Å². The van der Waals surface area contributed by atoms with Crippen molar-refractivity contribution in [2.75, 3.05) is 11.9 Å². The smallest absolute Gasteiger partial charge is 0.319 e. The zero-order chi connectivity index (χ0) is 25.7. The van der Waals surface area contributed by atoms with Crippen molar-refractivity contribution in [2.45, 2.75) is 19.0 Å². The first-order valence-corrected chi connectivity index (χ1v) is 12.1. The number of urea groups is 1. The molecule has 2 aromatic carbocycles. The van der Waals surface area contributed by atoms with Gasteiger partial charge in [-0.3, -0.25) is 9.59 Å². The van der Waals surface area contributed by atoms with E-state index in [1.807, 2.05) is 6.07 Å². The van der Waals surface area contributed by atoms with Crippen LogP contribution >= 0.6 is 22.9 Å². The van der Waals surface area contributed by atoms with E-state index in [0.29, 0.717) is 21.6 Å². The molecule has 0 saturated carbocycles. The quantitative estimate of drug-likeness (QED) is 0.277. The van der Waals surface area contributed by atoms with Crippen LogP contribution in [0.3, 0.4) is 0 Å². The third kappa shape index (κ3) is 6.18. The second-order valence-electron chi connectivity index (χ2n) is 7.87. The number of nitrogens with zero attached hydrogens (tertiary/aromatic N) is 2. The van der Waals surface area contributed by atoms with Gasteiger partial charge in [-0.05, 0) is 42.8 Å². The zero-order valence-electron chi connectivity index (χ0n) is 19.0. The Bertz CT molecular complexity index is 1370. The Morgan fingerprint density at radius 2 is 1.92 bits per heavy atom. The van der Waals surface area contributed by atoms with Crippen molar-refractivity contribution in [1.29, 1.82) is 0 Å². The van der Waals surface area contributed by atoms with Gasteiger partial charge in [0, 0.05) is 28.8 Å². The van der Waals surface area contributed by atoms with Crippen LogP contribution in [0.15, 0.2) is 66.3 Å². The molecule has 4 amide bonds. The number of rotatable bonds is 8. The lowest BCUT2D eigenvalue weighted by atomic mass is 10.1. The van der Waals surface area contributed by atoms with Crippen molar-refractivity contribution in [3.8, 4) is 0 Å². The first kappa shape index (κ1) is 25.1. The van der Waals surface area contributed by atoms with Crippen LogP contribution in [0.1, 0.15) is 28.9 Å². The number of halogens is 2. The van der Waals surface area contributed by atoms with Crippen LogP contribution in [0.5, 0.6) is 0 Å². The zero-order valence-corrected chi connectivity index (χ0v) is 20.6. The molecule has 0 aliphatic carbocycles. The van der Waals surface area contributed by atoms with E-state index in [-0.39, 0.29) is 11.6 Å². The van der Waals surface area contributed by atoms with Crippen LogP contribution < -0.4 is 21.3 Å². The molecule has 0 aliphatic rings. The fraction of sp³-hybridized carbons (Fsp3) is 0.167. The van der Waals surface area contributed by atoms with Gasteiger partial charge in [0.25, 0.3) is 5.91 Å². The third-order valence-corrected chi connectivity index (χ3v) is 6.33. The molecule has 2 aromatic heterocycles. The number of para-hydroxylation sites is 1. The molecule has 36 heavy (non-hydrogen) atoms. The highest BCUT2D eigenvalue weighted by atomic mass is 35.5. The summed E-state index contributed by atoms with van der Waals surface area (Å²) in [5, 5.41) is 16.8. The van der Waals surface area contributed by atoms with Gasteiger partial charge < -0.3 is 21.3 Å². The predicted molar refractivity (Wildman–Crippen MR) is 136 cm³/mol. The lowest BCUT2D eigenvalue weighted by Crippen LogP contribution is -2.48. The third-order valence-electron chi connectivity index (χ3n) is 5.22. The molecule has 4 N–H and O–H groups in total. The molecule has 2 atom stereocenters. The number of carbonyl (C=O) groups is 3. The maximum absolute atomic E-state index is 14.1. The van der Waals surface area contributed by atoms with E-state index in [9.17, 15) is 18.8 Å². The summed E-state index contributed by atoms with van der Waals surface area (Å²) in [7, 11) is 0. The van der Waals surface area contributed by atoms with Crippen molar-refractivity contribution in [3.63, 3.8) is 0 Å². The summed E-state index contributed by atoms with van der Waals surface area (Å²) in [6.45, 7) is 1.44. The van der Waals surface area contributed by atoms with Crippen molar-refractivity contribution >= 4 is 51.3 Å². The maximum Gasteiger partial charge on any atom is 0.319 e. The second kappa shape index (κ2) is 11.2. The highest BCUT2D eigenvalue weighted by molar-refractivity contribution is 7.15. The Kier molecular flexibility index (Phi) is 7.81. The van der Waals surface area contributed by atoms with Crippen molar-refractivity contribution < 1.29 is 18.8 Å². The largest absolute Gasteiger partial charge is 0.352 e. The molecule has 0 bridgehead atoms. The summed E-state index contributed by atoms with van der Waals surface area (Å²) in [6.07, 6.45) is 3.16. The standard InChI is InChI=1S/C24H22ClFN6O3S/c1-14(29-24(35)30-18-5-3-2-4-6-18)21(33)27-13-20(15-9-16(25)11-17(26)10-15)31-22(34)19-12-28-32-7-8-36-23(19)32/h2-12,14,20H,13H2,1H3,(H,27,33)(H,31,34)(H2,29,30,35). The number of hydrogen-bond acceptors (Lipinski definition) is 5. The summed E-state index contributed by atoms with van der Waals surface area (Å²) >= 11 is 7.37. The molecule has 2 heterocycles. The average molecular weight is 529 g/mol. The first-order valence-electron chi connectivity index (χ1n) is 10.9. The number of fused-ring (bicyclic) bond motifs is 1. The molecular weight excluding hydrogens is 507 g/mol. The van der Waals surface area contributed by atoms with E-state index < -0.39 is 35.7 Å². The van der Waals surface area contributed by atoms with Gasteiger partial charge in [-0.25, -0.2) is 13.7 Å². The lowest BCUT2D eigenvalue weighted by molar-refractivity contribution is -0.122. The minimum atomic E-state index is -0.887. The molecule has 9 nitrogen and oxygen atoms in total. The molecule has 0 aliphatic heterocycles. The predicted octanol–water partition coefficient (Wildman–Crippen LogP) is 3.99. The van der Waals surface area contributed by atoms with Crippen LogP contribution in [-0.4, -0.2) is 40.0 Å². The number of hydrogen-bond donors (Lipinski definition) is 4. The number of benzene rings is 2. The van der Waals surface area contributed by atoms with Gasteiger partial charge >= 0.3 is 6.03 Å². The van der Waals surface area contributed by atoms with E-state index in [4.69, 9.17) is 11.6 Å². The fourth-order valence-electron chi connectivity index (χ4n) is 3.45. The lowest BCUT2D eigenvalue weighted by Gasteiger charge is -2.22. The molecule has 0 radical (unpaired) electrons. The molecule has 0 saturated heterocycles. The van der Waals surface area contributed by atoms with Gasteiger partial charge in [0.15, 0.2) is 0 Å². The molecule has 2 unspecified atom stereocenters. The number of anilines is 1. The van der Waals surface area contributed by atoms with Crippen molar-refractivity contribution in [1.82, 2.24) is 25.6 Å². The topological polar surface area (TPSA) is 117 Å². The Balaban J connectivity index is 1.43. The van der Waals surface area contributed by atoms with E-state index in [2.05, 4.69) is 26.4 Å². The van der Waals surface area contributed by atoms with Gasteiger partial charge in [-0.2, -0.15) is 5.10 Å². The number of amides is 4. The van der Waals surface area contributed by atoms with E-state index in [0.717, 1.165) is 6.07 Å². The van der Waals surface area contributed by atoms with Gasteiger partial charge in [0.1, 0.15) is 16.7 Å². The molecule has 186 valence electrons. The molecule has 4 aromatic rings. The van der Waals surface area contributed by atoms with Gasteiger partial charge in [0.2, 0.25) is 5.91 Å². The Morgan fingerprint density at radius 3 is 2.67 bits per heavy atom. The van der Waals surface area contributed by atoms with E-state index >= 15 is 0 Å². The number of thiazole rings is 1. The normalized spacial score (nSPS) is 12.5. The fourth-order valence-corrected chi connectivity index (χ4v) is 4.48. The summed E-state index contributed by atoms with van der Waals surface area (Å²) < 4.78 is 15.6. The van der Waals surface area contributed by atoms with E-state index in [1.54, 1.807) is 40.4 Å². The molecule has 4 rings (SSSR count). The minimum absolute atomic E-state index is 0.0778. The van der Waals surface area contributed by atoms with E-state index in [1.165, 1.54) is 36.6 Å². The Labute approximate surface area is 214 Å². The maximum atomic E-state index is 14.1. The summed E-state index contributed by atoms with van der Waals surface area (Å²) in [6, 6.07) is 10.4. The summed E-state index contributed by atoms with van der Waals surface area (Å²) in [5.74, 6) is -1.52. The Hall–Kier alpha value is -3.96. The highest BCUT2D eigenvalue weighted by Crippen LogP contribution is 2.22. The highest BCUT2D eigenvalue weighted by Gasteiger charge is 2.23. The summed E-state index contributed by atoms with van der Waals surface area (Å²) in [5.41, 5.74) is 1.29. The molecule has 12 heteroatoms. The number of nitrogens with one attached hydrogen (secondary N) is 4. The molecule has 0 spiro atoms. The number of carbonyl (C=O) groups excluding carboxylic acids is 3. The van der Waals surface area contributed by atoms with Crippen LogP contribution in [0.25, 0.3) is 4.83 Å². The van der Waals surface area contributed by atoms with Crippen LogP contribution in [0.2, 0.25) is 5.02 Å². The molecule has 0 fully saturated rings. The van der Waals surface area contributed by atoms with Gasteiger partial charge in [0.05, 0.1) is 17.8 Å². The van der Waals surface area contributed by atoms with Crippen LogP contribution in [0.4, 0.5) is 14.9 Å². The van der Waals surface area contributed by atoms with Crippen molar-refractivity contribution in [3.05, 3.63) is 88.3 Å². The number of aromatic nitrogens is 2. The average Bonchev–Trinajstić information content (AvgIpc) is 3.45. The van der Waals surface area contributed by atoms with Gasteiger partial charge in [-0.1, -0.05) is 29.8 Å². The van der Waals surface area contributed by atoms with Crippen LogP contribution in [0, 0.1) is 5.82 Å².